The molecule has 1 N–H and O–H groups in total. The van der Waals surface area contributed by atoms with Gasteiger partial charge in [-0.15, -0.1) is 0 Å². The molecule has 1 unspecified atom stereocenters. The van der Waals surface area contributed by atoms with Crippen molar-refractivity contribution in [2.75, 3.05) is 39.6 Å². The van der Waals surface area contributed by atoms with E-state index < -0.39 is 0 Å². The third-order valence-corrected chi connectivity index (χ3v) is 10.7. The summed E-state index contributed by atoms with van der Waals surface area (Å²) in [4.78, 5) is 27.2. The van der Waals surface area contributed by atoms with Gasteiger partial charge in [0.1, 0.15) is 23.9 Å². The van der Waals surface area contributed by atoms with E-state index in [1.165, 1.54) is 22.3 Å². The molecule has 0 saturated heterocycles. The third-order valence-electron chi connectivity index (χ3n) is 10.7. The first-order valence-electron chi connectivity index (χ1n) is 19.0. The monoisotopic (exact) mass is 715 g/mol. The molecule has 2 aliphatic carbocycles. The Morgan fingerprint density at radius 2 is 1.43 bits per heavy atom. The summed E-state index contributed by atoms with van der Waals surface area (Å²) in [5.74, 6) is 2.45. The van der Waals surface area contributed by atoms with Crippen LogP contribution < -0.4 is 9.47 Å². The molecule has 0 aromatic heterocycles. The van der Waals surface area contributed by atoms with Gasteiger partial charge in [-0.05, 0) is 108 Å². The summed E-state index contributed by atoms with van der Waals surface area (Å²) in [5, 5.41) is 10.1. The lowest BCUT2D eigenvalue weighted by Gasteiger charge is -2.34. The predicted molar refractivity (Wildman–Crippen MR) is 204 cm³/mol. The summed E-state index contributed by atoms with van der Waals surface area (Å²) in [6.45, 7) is 7.67. The number of hydrogen-bond donors (Lipinski definition) is 1. The van der Waals surface area contributed by atoms with Crippen molar-refractivity contribution in [1.82, 2.24) is 4.90 Å². The number of benzene rings is 4. The number of phenols is 1. The Hall–Kier alpha value is -4.92. The van der Waals surface area contributed by atoms with Gasteiger partial charge in [-0.2, -0.15) is 0 Å². The fourth-order valence-electron chi connectivity index (χ4n) is 8.03. The van der Waals surface area contributed by atoms with Crippen molar-refractivity contribution in [3.8, 4) is 17.2 Å². The zero-order valence-electron chi connectivity index (χ0n) is 30.3. The minimum Gasteiger partial charge on any atom is -0.508 e. The lowest BCUT2D eigenvalue weighted by Crippen LogP contribution is -2.43. The van der Waals surface area contributed by atoms with Crippen LogP contribution in [0.25, 0.3) is 0 Å². The maximum absolute atomic E-state index is 13.0. The molecule has 1 heterocycles. The molecule has 1 saturated carbocycles. The topological polar surface area (TPSA) is 94.5 Å². The van der Waals surface area contributed by atoms with Gasteiger partial charge in [0.15, 0.2) is 5.78 Å². The van der Waals surface area contributed by atoms with E-state index in [4.69, 9.17) is 18.9 Å². The number of Topliss-reactive ketones (excluding diaryl/α,β-unsaturated/α-hetero) is 1. The largest absolute Gasteiger partial charge is 0.508 e. The molecule has 0 radical (unpaired) electrons. The molecular weight excluding hydrogens is 666 g/mol. The van der Waals surface area contributed by atoms with Crippen LogP contribution in [0.3, 0.4) is 0 Å². The number of nitrogens with zero attached hydrogens (tertiary/aromatic N) is 1. The fraction of sp³-hybridized carbons (Fsp3) is 0.378. The highest BCUT2D eigenvalue weighted by Gasteiger charge is 2.38. The summed E-state index contributed by atoms with van der Waals surface area (Å²) in [5.41, 5.74) is 7.61. The highest BCUT2D eigenvalue weighted by atomic mass is 16.5. The number of ketones is 1. The van der Waals surface area contributed by atoms with Crippen molar-refractivity contribution in [2.45, 2.75) is 69.4 Å². The van der Waals surface area contributed by atoms with E-state index in [1.807, 2.05) is 36.4 Å². The maximum Gasteiger partial charge on any atom is 0.255 e. The molecule has 1 amide bonds. The number of rotatable bonds is 16. The number of aromatic hydroxyl groups is 1. The second-order valence-electron chi connectivity index (χ2n) is 14.3. The van der Waals surface area contributed by atoms with Crippen LogP contribution in [0.15, 0.2) is 103 Å². The molecule has 3 atom stereocenters. The first-order chi connectivity index (χ1) is 25.9. The van der Waals surface area contributed by atoms with E-state index in [0.717, 1.165) is 54.7 Å². The van der Waals surface area contributed by atoms with Crippen LogP contribution in [-0.4, -0.2) is 67.4 Å². The lowest BCUT2D eigenvalue weighted by atomic mass is 9.69. The van der Waals surface area contributed by atoms with Crippen molar-refractivity contribution in [1.29, 1.82) is 0 Å². The average molecular weight is 716 g/mol. The number of phenolic OH excluding ortho intramolecular Hbond substituents is 1. The summed E-state index contributed by atoms with van der Waals surface area (Å²) in [6.07, 6.45) is 5.33. The highest BCUT2D eigenvalue weighted by Crippen LogP contribution is 2.47. The Morgan fingerprint density at radius 1 is 0.698 bits per heavy atom. The molecule has 0 spiro atoms. The van der Waals surface area contributed by atoms with Crippen molar-refractivity contribution in [3.05, 3.63) is 137 Å². The molecule has 7 rings (SSSR count). The highest BCUT2D eigenvalue weighted by molar-refractivity contribution is 6.02. The SMILES string of the molecule is C=C1CCC(N2Cc3cc(OCCCOCCCOCCOc4ccc([C@H]5c6ccc(O)cc6CC[C@H]5c5ccccc5)cc4)ccc3C2=O)C(=O)C1. The first-order valence-corrected chi connectivity index (χ1v) is 19.0. The number of fused-ring (bicyclic) bond motifs is 2. The number of carbonyl (C=O) groups is 2. The Kier molecular flexibility index (Phi) is 11.9. The number of carbonyl (C=O) groups excluding carboxylic acids is 2. The first kappa shape index (κ1) is 36.4. The zero-order valence-corrected chi connectivity index (χ0v) is 30.3. The fourth-order valence-corrected chi connectivity index (χ4v) is 8.03. The van der Waals surface area contributed by atoms with Gasteiger partial charge >= 0.3 is 0 Å². The van der Waals surface area contributed by atoms with E-state index in [9.17, 15) is 14.7 Å². The van der Waals surface area contributed by atoms with Crippen LogP contribution >= 0.6 is 0 Å². The molecule has 0 bridgehead atoms. The van der Waals surface area contributed by atoms with Crippen molar-refractivity contribution < 1.29 is 33.6 Å². The molecule has 4 aromatic carbocycles. The van der Waals surface area contributed by atoms with Crippen molar-refractivity contribution in [3.63, 3.8) is 0 Å². The van der Waals surface area contributed by atoms with Gasteiger partial charge in [0, 0.05) is 50.7 Å². The summed E-state index contributed by atoms with van der Waals surface area (Å²) >= 11 is 0. The number of amides is 1. The normalized spacial score (nSPS) is 19.6. The van der Waals surface area contributed by atoms with Gasteiger partial charge in [0.25, 0.3) is 5.91 Å². The van der Waals surface area contributed by atoms with E-state index >= 15 is 0 Å². The summed E-state index contributed by atoms with van der Waals surface area (Å²) < 4.78 is 23.5. The molecular formula is C45H49NO7. The van der Waals surface area contributed by atoms with Crippen LogP contribution in [-0.2, 0) is 27.2 Å². The Bertz CT molecular complexity index is 1890. The Labute approximate surface area is 312 Å². The number of allylic oxidation sites excluding steroid dienone is 1. The van der Waals surface area contributed by atoms with E-state index in [2.05, 4.69) is 55.1 Å². The molecule has 3 aliphatic rings. The smallest absolute Gasteiger partial charge is 0.255 e. The molecule has 1 aliphatic heterocycles. The van der Waals surface area contributed by atoms with E-state index in [1.54, 1.807) is 11.0 Å². The van der Waals surface area contributed by atoms with Gasteiger partial charge < -0.3 is 29.0 Å². The molecule has 1 fully saturated rings. The molecule has 53 heavy (non-hydrogen) atoms. The Balaban J connectivity index is 0.765. The number of hydrogen-bond acceptors (Lipinski definition) is 7. The number of aryl methyl sites for hydroxylation is 1. The van der Waals surface area contributed by atoms with Crippen LogP contribution in [0, 0.1) is 0 Å². The lowest BCUT2D eigenvalue weighted by molar-refractivity contribution is -0.124. The summed E-state index contributed by atoms with van der Waals surface area (Å²) in [6, 6.07) is 30.2. The predicted octanol–water partition coefficient (Wildman–Crippen LogP) is 8.16. The van der Waals surface area contributed by atoms with Gasteiger partial charge in [0.2, 0.25) is 0 Å². The zero-order chi connectivity index (χ0) is 36.6. The van der Waals surface area contributed by atoms with E-state index in [0.29, 0.717) is 76.3 Å². The standard InChI is InChI=1S/C45H49NO7/c1-31-9-20-42(43(48)27-31)46-30-35-29-38(16-19-41(35)45(46)49)52-24-6-23-50-21-5-22-51-25-26-53-37-14-10-33(11-15-37)44-39(32-7-3-2-4-8-32)17-12-34-28-36(47)13-18-40(34)44/h2-4,7-8,10-11,13-16,18-19,28-29,39,42,44,47H,1,5-6,9,12,17,20-27,30H2/t39-,42?,44+/m0/s1. The van der Waals surface area contributed by atoms with Crippen LogP contribution in [0.2, 0.25) is 0 Å². The van der Waals surface area contributed by atoms with Gasteiger partial charge in [-0.3, -0.25) is 9.59 Å². The number of ether oxygens (including phenoxy) is 4. The van der Waals surface area contributed by atoms with Crippen LogP contribution in [0.1, 0.15) is 88.5 Å². The Morgan fingerprint density at radius 3 is 2.23 bits per heavy atom. The minimum atomic E-state index is -0.358. The second-order valence-corrected chi connectivity index (χ2v) is 14.3. The van der Waals surface area contributed by atoms with Gasteiger partial charge in [-0.1, -0.05) is 60.7 Å². The van der Waals surface area contributed by atoms with Crippen LogP contribution in [0.5, 0.6) is 17.2 Å². The minimum absolute atomic E-state index is 0.0737. The van der Waals surface area contributed by atoms with Crippen molar-refractivity contribution in [2.24, 2.45) is 0 Å². The quantitative estimate of drug-likeness (QED) is 0.0925. The second kappa shape index (κ2) is 17.3. The van der Waals surface area contributed by atoms with Gasteiger partial charge in [0.05, 0.1) is 19.3 Å². The van der Waals surface area contributed by atoms with Crippen LogP contribution in [0.4, 0.5) is 0 Å². The average Bonchev–Trinajstić information content (AvgIpc) is 3.50. The van der Waals surface area contributed by atoms with Crippen molar-refractivity contribution >= 4 is 11.7 Å². The van der Waals surface area contributed by atoms with E-state index in [-0.39, 0.29) is 23.7 Å². The molecule has 276 valence electrons. The molecule has 4 aromatic rings. The molecule has 8 nitrogen and oxygen atoms in total. The summed E-state index contributed by atoms with van der Waals surface area (Å²) in [7, 11) is 0. The maximum atomic E-state index is 13.0. The van der Waals surface area contributed by atoms with Gasteiger partial charge in [-0.25, -0.2) is 0 Å². The third kappa shape index (κ3) is 8.83. The molecule has 8 heteroatoms.